The lowest BCUT2D eigenvalue weighted by atomic mass is 10.1. The maximum absolute atomic E-state index is 11.0. The second-order valence-electron chi connectivity index (χ2n) is 3.56. The van der Waals surface area contributed by atoms with Gasteiger partial charge in [-0.1, -0.05) is 0 Å². The molecule has 14 heavy (non-hydrogen) atoms. The zero-order valence-corrected chi connectivity index (χ0v) is 9.39. The molecule has 0 fully saturated rings. The van der Waals surface area contributed by atoms with E-state index in [4.69, 9.17) is 5.11 Å². The van der Waals surface area contributed by atoms with Crippen LogP contribution < -0.4 is 5.32 Å². The molecule has 0 saturated carbocycles. The van der Waals surface area contributed by atoms with Gasteiger partial charge in [0.25, 0.3) is 0 Å². The third-order valence-electron chi connectivity index (χ3n) is 1.91. The number of carbonyl (C=O) groups is 1. The van der Waals surface area contributed by atoms with E-state index in [0.717, 1.165) is 10.4 Å². The van der Waals surface area contributed by atoms with E-state index < -0.39 is 12.0 Å². The van der Waals surface area contributed by atoms with Gasteiger partial charge in [0, 0.05) is 10.9 Å². The van der Waals surface area contributed by atoms with Crippen LogP contribution in [-0.2, 0) is 4.79 Å². The number of aliphatic carboxylic acids is 1. The summed E-state index contributed by atoms with van der Waals surface area (Å²) in [4.78, 5) is 11.9. The summed E-state index contributed by atoms with van der Waals surface area (Å²) in [6.45, 7) is 5.82. The summed E-state index contributed by atoms with van der Waals surface area (Å²) in [6, 6.07) is 1.53. The van der Waals surface area contributed by atoms with Gasteiger partial charge in [0.05, 0.1) is 0 Å². The number of carboxylic acids is 1. The summed E-state index contributed by atoms with van der Waals surface area (Å²) >= 11 is 1.48. The minimum Gasteiger partial charge on any atom is -0.480 e. The summed E-state index contributed by atoms with van der Waals surface area (Å²) in [5.41, 5.74) is 1.04. The van der Waals surface area contributed by atoms with Crippen molar-refractivity contribution in [1.29, 1.82) is 0 Å². The molecule has 0 bridgehead atoms. The summed E-state index contributed by atoms with van der Waals surface area (Å²) in [7, 11) is 0. The Morgan fingerprint density at radius 1 is 1.57 bits per heavy atom. The highest BCUT2D eigenvalue weighted by atomic mass is 32.1. The lowest BCUT2D eigenvalue weighted by Crippen LogP contribution is -2.33. The minimum absolute atomic E-state index is 0.164. The van der Waals surface area contributed by atoms with Gasteiger partial charge in [-0.2, -0.15) is 0 Å². The van der Waals surface area contributed by atoms with Gasteiger partial charge in [0.1, 0.15) is 6.04 Å². The summed E-state index contributed by atoms with van der Waals surface area (Å²) < 4.78 is 0. The smallest absolute Gasteiger partial charge is 0.326 e. The molecule has 0 aromatic carbocycles. The van der Waals surface area contributed by atoms with Crippen LogP contribution in [0.5, 0.6) is 0 Å². The monoisotopic (exact) mass is 213 g/mol. The number of thiophene rings is 1. The molecule has 1 heterocycles. The molecule has 0 aliphatic rings. The Morgan fingerprint density at radius 3 is 2.57 bits per heavy atom. The molecule has 0 amide bonds. The number of hydrogen-bond donors (Lipinski definition) is 2. The lowest BCUT2D eigenvalue weighted by molar-refractivity contribution is -0.139. The molecule has 1 aromatic rings. The van der Waals surface area contributed by atoms with Crippen LogP contribution in [0.1, 0.15) is 30.3 Å². The van der Waals surface area contributed by atoms with Gasteiger partial charge in [0.2, 0.25) is 0 Å². The zero-order chi connectivity index (χ0) is 10.7. The van der Waals surface area contributed by atoms with Crippen molar-refractivity contribution in [2.45, 2.75) is 32.9 Å². The Hall–Kier alpha value is -0.870. The van der Waals surface area contributed by atoms with Crippen LogP contribution >= 0.6 is 11.3 Å². The van der Waals surface area contributed by atoms with Crippen molar-refractivity contribution in [1.82, 2.24) is 5.32 Å². The van der Waals surface area contributed by atoms with Crippen LogP contribution in [-0.4, -0.2) is 17.1 Å². The Bertz CT molecular complexity index is 320. The van der Waals surface area contributed by atoms with Crippen molar-refractivity contribution < 1.29 is 9.90 Å². The number of hydrogen-bond acceptors (Lipinski definition) is 3. The van der Waals surface area contributed by atoms with E-state index in [9.17, 15) is 4.79 Å². The van der Waals surface area contributed by atoms with Gasteiger partial charge < -0.3 is 5.11 Å². The van der Waals surface area contributed by atoms with Gasteiger partial charge in [0.15, 0.2) is 0 Å². The quantitative estimate of drug-likeness (QED) is 0.806. The van der Waals surface area contributed by atoms with E-state index >= 15 is 0 Å². The molecule has 0 radical (unpaired) electrons. The van der Waals surface area contributed by atoms with Crippen LogP contribution in [0.25, 0.3) is 0 Å². The van der Waals surface area contributed by atoms with E-state index in [1.54, 1.807) is 0 Å². The fourth-order valence-corrected chi connectivity index (χ4v) is 2.25. The van der Waals surface area contributed by atoms with Crippen LogP contribution in [0.2, 0.25) is 0 Å². The highest BCUT2D eigenvalue weighted by Gasteiger charge is 2.22. The number of rotatable bonds is 4. The predicted octanol–water partition coefficient (Wildman–Crippen LogP) is 2.18. The van der Waals surface area contributed by atoms with Crippen LogP contribution in [0.3, 0.4) is 0 Å². The van der Waals surface area contributed by atoms with Gasteiger partial charge >= 0.3 is 5.97 Å². The van der Waals surface area contributed by atoms with Crippen LogP contribution in [0, 0.1) is 6.92 Å². The summed E-state index contributed by atoms with van der Waals surface area (Å²) in [6.07, 6.45) is 0. The summed E-state index contributed by atoms with van der Waals surface area (Å²) in [5.74, 6) is -0.816. The predicted molar refractivity (Wildman–Crippen MR) is 57.7 cm³/mol. The van der Waals surface area contributed by atoms with Crippen molar-refractivity contribution >= 4 is 17.3 Å². The Kier molecular flexibility index (Phi) is 3.66. The van der Waals surface area contributed by atoms with Gasteiger partial charge in [-0.3, -0.25) is 10.1 Å². The first-order chi connectivity index (χ1) is 6.52. The first-order valence-electron chi connectivity index (χ1n) is 4.55. The molecule has 3 nitrogen and oxygen atoms in total. The molecule has 1 aromatic heterocycles. The average molecular weight is 213 g/mol. The second-order valence-corrected chi connectivity index (χ2v) is 4.51. The van der Waals surface area contributed by atoms with E-state index in [1.165, 1.54) is 11.3 Å². The molecule has 0 spiro atoms. The van der Waals surface area contributed by atoms with Crippen molar-refractivity contribution in [3.63, 3.8) is 0 Å². The highest BCUT2D eigenvalue weighted by Crippen LogP contribution is 2.24. The third-order valence-corrected chi connectivity index (χ3v) is 2.99. The minimum atomic E-state index is -0.816. The third kappa shape index (κ3) is 2.56. The molecular formula is C10H15NO2S. The van der Waals surface area contributed by atoms with Crippen molar-refractivity contribution in [2.24, 2.45) is 0 Å². The fourth-order valence-electron chi connectivity index (χ4n) is 1.27. The molecular weight excluding hydrogens is 198 g/mol. The molecule has 1 unspecified atom stereocenters. The van der Waals surface area contributed by atoms with Gasteiger partial charge in [-0.05, 0) is 37.8 Å². The van der Waals surface area contributed by atoms with E-state index in [1.807, 2.05) is 32.2 Å². The number of aryl methyl sites for hydroxylation is 1. The number of nitrogens with one attached hydrogen (secondary N) is 1. The van der Waals surface area contributed by atoms with Crippen molar-refractivity contribution in [3.8, 4) is 0 Å². The Balaban J connectivity index is 2.89. The maximum atomic E-state index is 11.0. The zero-order valence-electron chi connectivity index (χ0n) is 8.57. The standard InChI is InChI=1S/C10H15NO2S/c1-6(2)11-8(10(12)13)9-7(3)4-5-14-9/h4-6,8,11H,1-3H3,(H,12,13). The van der Waals surface area contributed by atoms with Gasteiger partial charge in [-0.15, -0.1) is 11.3 Å². The molecule has 0 saturated heterocycles. The molecule has 2 N–H and O–H groups in total. The highest BCUT2D eigenvalue weighted by molar-refractivity contribution is 7.10. The molecule has 0 aliphatic carbocycles. The van der Waals surface area contributed by atoms with E-state index in [2.05, 4.69) is 5.32 Å². The normalized spacial score (nSPS) is 13.1. The average Bonchev–Trinajstić information content (AvgIpc) is 2.46. The second kappa shape index (κ2) is 4.57. The van der Waals surface area contributed by atoms with Crippen molar-refractivity contribution in [3.05, 3.63) is 21.9 Å². The van der Waals surface area contributed by atoms with Crippen molar-refractivity contribution in [2.75, 3.05) is 0 Å². The van der Waals surface area contributed by atoms with E-state index in [0.29, 0.717) is 0 Å². The molecule has 1 rings (SSSR count). The molecule has 0 aliphatic heterocycles. The molecule has 1 atom stereocenters. The largest absolute Gasteiger partial charge is 0.480 e. The molecule has 78 valence electrons. The molecule has 4 heteroatoms. The number of carboxylic acid groups (broad SMARTS) is 1. The maximum Gasteiger partial charge on any atom is 0.326 e. The van der Waals surface area contributed by atoms with Gasteiger partial charge in [-0.25, -0.2) is 0 Å². The Labute approximate surface area is 87.8 Å². The Morgan fingerprint density at radius 2 is 2.21 bits per heavy atom. The van der Waals surface area contributed by atoms with Crippen LogP contribution in [0.15, 0.2) is 11.4 Å². The fraction of sp³-hybridized carbons (Fsp3) is 0.500. The van der Waals surface area contributed by atoms with Crippen LogP contribution in [0.4, 0.5) is 0 Å². The summed E-state index contributed by atoms with van der Waals surface area (Å²) in [5, 5.41) is 14.0. The SMILES string of the molecule is Cc1ccsc1C(NC(C)C)C(=O)O. The lowest BCUT2D eigenvalue weighted by Gasteiger charge is -2.16. The van der Waals surface area contributed by atoms with E-state index in [-0.39, 0.29) is 6.04 Å². The topological polar surface area (TPSA) is 49.3 Å². The first-order valence-corrected chi connectivity index (χ1v) is 5.43. The first kappa shape index (κ1) is 11.2.